The van der Waals surface area contributed by atoms with Crippen molar-refractivity contribution < 1.29 is 14.3 Å². The highest BCUT2D eigenvalue weighted by atomic mass is 35.5. The van der Waals surface area contributed by atoms with Crippen molar-refractivity contribution in [3.8, 4) is 5.75 Å². The molecule has 0 heterocycles. The summed E-state index contributed by atoms with van der Waals surface area (Å²) in [6, 6.07) is 14.8. The molecule has 1 N–H and O–H groups in total. The molecule has 0 saturated carbocycles. The summed E-state index contributed by atoms with van der Waals surface area (Å²) in [4.78, 5) is 28.0. The molecule has 2 aromatic carbocycles. The zero-order valence-electron chi connectivity index (χ0n) is 19.3. The second-order valence-corrected chi connectivity index (χ2v) is 9.16. The predicted molar refractivity (Wildman–Crippen MR) is 133 cm³/mol. The third kappa shape index (κ3) is 8.06. The van der Waals surface area contributed by atoms with E-state index in [4.69, 9.17) is 16.3 Å². The molecule has 174 valence electrons. The highest BCUT2D eigenvalue weighted by Gasteiger charge is 2.29. The maximum absolute atomic E-state index is 13.3. The van der Waals surface area contributed by atoms with Crippen LogP contribution < -0.4 is 10.1 Å². The van der Waals surface area contributed by atoms with Crippen molar-refractivity contribution in [2.75, 3.05) is 12.9 Å². The maximum atomic E-state index is 13.3. The molecule has 0 spiro atoms. The smallest absolute Gasteiger partial charge is 0.243 e. The summed E-state index contributed by atoms with van der Waals surface area (Å²) >= 11 is 7.58. The third-order valence-electron chi connectivity index (χ3n) is 5.26. The summed E-state index contributed by atoms with van der Waals surface area (Å²) in [6.07, 6.45) is 1.37. The molecule has 32 heavy (non-hydrogen) atoms. The van der Waals surface area contributed by atoms with Gasteiger partial charge >= 0.3 is 0 Å². The molecule has 0 saturated heterocycles. The van der Waals surface area contributed by atoms with Gasteiger partial charge in [0.25, 0.3) is 0 Å². The minimum Gasteiger partial charge on any atom is -0.497 e. The number of hydrogen-bond acceptors (Lipinski definition) is 4. The molecule has 0 aromatic heterocycles. The lowest BCUT2D eigenvalue weighted by Gasteiger charge is -2.31. The quantitative estimate of drug-likeness (QED) is 0.451. The Morgan fingerprint density at radius 1 is 1.09 bits per heavy atom. The molecule has 0 aliphatic heterocycles. The highest BCUT2D eigenvalue weighted by molar-refractivity contribution is 7.99. The van der Waals surface area contributed by atoms with E-state index in [1.807, 2.05) is 69.3 Å². The van der Waals surface area contributed by atoms with Gasteiger partial charge < -0.3 is 15.0 Å². The Morgan fingerprint density at radius 3 is 2.47 bits per heavy atom. The molecule has 0 bridgehead atoms. The average Bonchev–Trinajstić information content (AvgIpc) is 2.78. The van der Waals surface area contributed by atoms with Crippen molar-refractivity contribution in [1.29, 1.82) is 0 Å². The minimum absolute atomic E-state index is 0.0579. The zero-order valence-corrected chi connectivity index (χ0v) is 20.8. The number of benzene rings is 2. The summed E-state index contributed by atoms with van der Waals surface area (Å²) < 4.78 is 5.32. The van der Waals surface area contributed by atoms with E-state index in [2.05, 4.69) is 5.32 Å². The molecular formula is C25H33ClN2O3S. The number of rotatable bonds is 12. The van der Waals surface area contributed by atoms with Crippen LogP contribution in [-0.2, 0) is 21.9 Å². The van der Waals surface area contributed by atoms with Crippen LogP contribution in [0.25, 0.3) is 0 Å². The zero-order chi connectivity index (χ0) is 23.5. The van der Waals surface area contributed by atoms with E-state index in [0.29, 0.717) is 23.7 Å². The number of nitrogens with one attached hydrogen (secondary N) is 1. The lowest BCUT2D eigenvalue weighted by Crippen LogP contribution is -2.51. The van der Waals surface area contributed by atoms with Crippen LogP contribution in [0.5, 0.6) is 5.75 Å². The van der Waals surface area contributed by atoms with Crippen LogP contribution in [0.3, 0.4) is 0 Å². The number of halogens is 1. The first kappa shape index (κ1) is 26.1. The minimum atomic E-state index is -0.533. The van der Waals surface area contributed by atoms with Gasteiger partial charge in [-0.1, -0.05) is 49.7 Å². The summed E-state index contributed by atoms with van der Waals surface area (Å²) in [7, 11) is 1.61. The summed E-state index contributed by atoms with van der Waals surface area (Å²) in [5.74, 6) is 1.50. The van der Waals surface area contributed by atoms with Crippen molar-refractivity contribution in [2.45, 2.75) is 58.0 Å². The SMILES string of the molecule is CCC(C)NC(=O)C(CC)N(Cc1cccc(OC)c1)C(=O)CSCc1cccc(Cl)c1. The topological polar surface area (TPSA) is 58.6 Å². The van der Waals surface area contributed by atoms with Gasteiger partial charge in [0.2, 0.25) is 11.8 Å². The Labute approximate surface area is 200 Å². The number of amides is 2. The molecular weight excluding hydrogens is 444 g/mol. The van der Waals surface area contributed by atoms with Gasteiger partial charge in [0, 0.05) is 23.4 Å². The Morgan fingerprint density at radius 2 is 1.81 bits per heavy atom. The molecule has 2 rings (SSSR count). The normalized spacial score (nSPS) is 12.7. The first-order valence-electron chi connectivity index (χ1n) is 10.9. The number of thioether (sulfide) groups is 1. The average molecular weight is 477 g/mol. The first-order valence-corrected chi connectivity index (χ1v) is 12.5. The van der Waals surface area contributed by atoms with Crippen molar-refractivity contribution in [2.24, 2.45) is 0 Å². The van der Waals surface area contributed by atoms with Crippen LogP contribution in [0.1, 0.15) is 44.7 Å². The number of carbonyl (C=O) groups excluding carboxylic acids is 2. The Hall–Kier alpha value is -2.18. The van der Waals surface area contributed by atoms with E-state index in [1.165, 1.54) is 11.8 Å². The summed E-state index contributed by atoms with van der Waals surface area (Å²) in [5, 5.41) is 3.72. The number of hydrogen-bond donors (Lipinski definition) is 1. The molecule has 0 aliphatic rings. The molecule has 7 heteroatoms. The molecule has 0 aliphatic carbocycles. The van der Waals surface area contributed by atoms with Gasteiger partial charge in [-0.05, 0) is 55.2 Å². The second kappa shape index (κ2) is 13.4. The van der Waals surface area contributed by atoms with Crippen molar-refractivity contribution in [1.82, 2.24) is 10.2 Å². The second-order valence-electron chi connectivity index (χ2n) is 7.74. The van der Waals surface area contributed by atoms with E-state index in [-0.39, 0.29) is 23.6 Å². The van der Waals surface area contributed by atoms with Crippen LogP contribution in [0.4, 0.5) is 0 Å². The molecule has 2 amide bonds. The Balaban J connectivity index is 2.16. The summed E-state index contributed by atoms with van der Waals surface area (Å²) in [5.41, 5.74) is 1.99. The van der Waals surface area contributed by atoms with Gasteiger partial charge in [0.1, 0.15) is 11.8 Å². The van der Waals surface area contributed by atoms with Gasteiger partial charge in [-0.2, -0.15) is 0 Å². The van der Waals surface area contributed by atoms with Gasteiger partial charge in [-0.25, -0.2) is 0 Å². The van der Waals surface area contributed by atoms with E-state index in [9.17, 15) is 9.59 Å². The standard InChI is InChI=1S/C25H33ClN2O3S/c1-5-18(3)27-25(30)23(6-2)28(15-19-9-8-12-22(14-19)31-4)24(29)17-32-16-20-10-7-11-21(26)13-20/h7-14,18,23H,5-6,15-17H2,1-4H3,(H,27,30). The lowest BCUT2D eigenvalue weighted by molar-refractivity contribution is -0.139. The van der Waals surface area contributed by atoms with Gasteiger partial charge in [-0.3, -0.25) is 9.59 Å². The van der Waals surface area contributed by atoms with Crippen molar-refractivity contribution in [3.63, 3.8) is 0 Å². The molecule has 2 aromatic rings. The van der Waals surface area contributed by atoms with Crippen molar-refractivity contribution in [3.05, 3.63) is 64.7 Å². The maximum Gasteiger partial charge on any atom is 0.243 e. The fourth-order valence-corrected chi connectivity index (χ4v) is 4.36. The van der Waals surface area contributed by atoms with Crippen LogP contribution >= 0.6 is 23.4 Å². The van der Waals surface area contributed by atoms with Gasteiger partial charge in [0.05, 0.1) is 12.9 Å². The molecule has 5 nitrogen and oxygen atoms in total. The lowest BCUT2D eigenvalue weighted by atomic mass is 10.1. The highest BCUT2D eigenvalue weighted by Crippen LogP contribution is 2.21. The first-order chi connectivity index (χ1) is 15.4. The van der Waals surface area contributed by atoms with Crippen LogP contribution in [-0.4, -0.2) is 41.7 Å². The fraction of sp³-hybridized carbons (Fsp3) is 0.440. The number of ether oxygens (including phenoxy) is 1. The molecule has 2 unspecified atom stereocenters. The fourth-order valence-electron chi connectivity index (χ4n) is 3.29. The largest absolute Gasteiger partial charge is 0.497 e. The van der Waals surface area contributed by atoms with Crippen LogP contribution in [0, 0.1) is 0 Å². The van der Waals surface area contributed by atoms with Gasteiger partial charge in [0.15, 0.2) is 0 Å². The van der Waals surface area contributed by atoms with Gasteiger partial charge in [-0.15, -0.1) is 11.8 Å². The Bertz CT molecular complexity index is 893. The Kier molecular flexibility index (Phi) is 10.9. The third-order valence-corrected chi connectivity index (χ3v) is 6.48. The van der Waals surface area contributed by atoms with E-state index >= 15 is 0 Å². The monoisotopic (exact) mass is 476 g/mol. The molecule has 0 fully saturated rings. The summed E-state index contributed by atoms with van der Waals surface area (Å²) in [6.45, 7) is 6.28. The predicted octanol–water partition coefficient (Wildman–Crippen LogP) is 5.30. The number of carbonyl (C=O) groups is 2. The van der Waals surface area contributed by atoms with E-state index in [0.717, 1.165) is 23.3 Å². The molecule has 2 atom stereocenters. The van der Waals surface area contributed by atoms with Crippen molar-refractivity contribution >= 4 is 35.2 Å². The van der Waals surface area contributed by atoms with Crippen LogP contribution in [0.2, 0.25) is 5.02 Å². The van der Waals surface area contributed by atoms with E-state index in [1.54, 1.807) is 12.0 Å². The number of methoxy groups -OCH3 is 1. The number of nitrogens with zero attached hydrogens (tertiary/aromatic N) is 1. The molecule has 0 radical (unpaired) electrons. The van der Waals surface area contributed by atoms with Crippen LogP contribution in [0.15, 0.2) is 48.5 Å². The van der Waals surface area contributed by atoms with E-state index < -0.39 is 6.04 Å².